The molecule has 0 radical (unpaired) electrons. The Labute approximate surface area is 162 Å². The monoisotopic (exact) mass is 371 g/mol. The first-order valence-corrected chi connectivity index (χ1v) is 10.5. The van der Waals surface area contributed by atoms with Crippen LogP contribution >= 0.6 is 0 Å². The van der Waals surface area contributed by atoms with Gasteiger partial charge in [-0.15, -0.1) is 0 Å². The molecule has 148 valence electrons. The molecule has 6 heteroatoms. The molecule has 2 bridgehead atoms. The molecule has 1 aromatic rings. The molecule has 6 nitrogen and oxygen atoms in total. The van der Waals surface area contributed by atoms with Crippen LogP contribution in [0.1, 0.15) is 50.5 Å². The van der Waals surface area contributed by atoms with Crippen LogP contribution in [0.15, 0.2) is 23.3 Å². The van der Waals surface area contributed by atoms with Gasteiger partial charge in [0.1, 0.15) is 0 Å². The number of hydrogen-bond donors (Lipinski definition) is 2. The topological polar surface area (TPSA) is 61.8 Å². The Morgan fingerprint density at radius 1 is 1.26 bits per heavy atom. The zero-order valence-electron chi connectivity index (χ0n) is 16.7. The Hall–Kier alpha value is -1.82. The molecule has 1 saturated carbocycles. The second kappa shape index (κ2) is 8.46. The number of nitrogens with zero attached hydrogens (tertiary/aromatic N) is 3. The lowest BCUT2D eigenvalue weighted by molar-refractivity contribution is 0.0526. The van der Waals surface area contributed by atoms with Crippen molar-refractivity contribution in [2.24, 2.45) is 10.9 Å². The van der Waals surface area contributed by atoms with Crippen LogP contribution in [0.2, 0.25) is 0 Å². The molecule has 27 heavy (non-hydrogen) atoms. The second-order valence-corrected chi connectivity index (χ2v) is 8.40. The first kappa shape index (κ1) is 18.5. The number of aliphatic imine (C=N–C) groups is 1. The van der Waals surface area contributed by atoms with Gasteiger partial charge in [-0.2, -0.15) is 0 Å². The van der Waals surface area contributed by atoms with Crippen LogP contribution in [0.4, 0.5) is 0 Å². The van der Waals surface area contributed by atoms with Crippen molar-refractivity contribution in [1.29, 1.82) is 0 Å². The lowest BCUT2D eigenvalue weighted by atomic mass is 9.82. The van der Waals surface area contributed by atoms with Gasteiger partial charge in [0.2, 0.25) is 5.88 Å². The summed E-state index contributed by atoms with van der Waals surface area (Å²) in [4.78, 5) is 11.3. The molecule has 3 fully saturated rings. The van der Waals surface area contributed by atoms with Crippen molar-refractivity contribution in [3.05, 3.63) is 23.9 Å². The lowest BCUT2D eigenvalue weighted by Crippen LogP contribution is -2.56. The van der Waals surface area contributed by atoms with Crippen LogP contribution in [-0.2, 0) is 6.54 Å². The van der Waals surface area contributed by atoms with Crippen LogP contribution in [-0.4, -0.2) is 54.7 Å². The summed E-state index contributed by atoms with van der Waals surface area (Å²) in [6.45, 7) is 1.52. The summed E-state index contributed by atoms with van der Waals surface area (Å²) in [7, 11) is 4.14. The molecule has 2 saturated heterocycles. The zero-order chi connectivity index (χ0) is 18.6. The minimum Gasteiger partial charge on any atom is -0.477 e. The third-order valence-corrected chi connectivity index (χ3v) is 6.33. The normalized spacial score (nSPS) is 28.7. The highest BCUT2D eigenvalue weighted by Gasteiger charge is 2.36. The average Bonchev–Trinajstić information content (AvgIpc) is 3.49. The molecular weight excluding hydrogens is 338 g/mol. The van der Waals surface area contributed by atoms with Crippen LogP contribution in [0.3, 0.4) is 0 Å². The van der Waals surface area contributed by atoms with E-state index in [1.165, 1.54) is 50.5 Å². The van der Waals surface area contributed by atoms with E-state index < -0.39 is 0 Å². The SMILES string of the molecule is CN=C(NCc1ccnc(OCC2CC2)c1)NC1CC2CCCC(C1)N2C. The molecule has 2 aliphatic heterocycles. The quantitative estimate of drug-likeness (QED) is 0.594. The van der Waals surface area contributed by atoms with Crippen molar-refractivity contribution in [3.8, 4) is 5.88 Å². The van der Waals surface area contributed by atoms with Crippen molar-refractivity contribution >= 4 is 5.96 Å². The summed E-state index contributed by atoms with van der Waals surface area (Å²) in [5.41, 5.74) is 1.17. The predicted octanol–water partition coefficient (Wildman–Crippen LogP) is 2.55. The molecule has 0 aromatic carbocycles. The maximum Gasteiger partial charge on any atom is 0.213 e. The van der Waals surface area contributed by atoms with Crippen molar-refractivity contribution in [1.82, 2.24) is 20.5 Å². The minimum absolute atomic E-state index is 0.512. The highest BCUT2D eigenvalue weighted by atomic mass is 16.5. The number of hydrogen-bond acceptors (Lipinski definition) is 4. The van der Waals surface area contributed by atoms with E-state index in [2.05, 4.69) is 32.6 Å². The number of piperidine rings is 2. The number of fused-ring (bicyclic) bond motifs is 2. The van der Waals surface area contributed by atoms with E-state index in [1.807, 2.05) is 25.4 Å². The Morgan fingerprint density at radius 3 is 2.74 bits per heavy atom. The van der Waals surface area contributed by atoms with Crippen LogP contribution in [0.5, 0.6) is 5.88 Å². The molecule has 3 aliphatic rings. The van der Waals surface area contributed by atoms with Gasteiger partial charge >= 0.3 is 0 Å². The molecule has 0 amide bonds. The second-order valence-electron chi connectivity index (χ2n) is 8.40. The maximum absolute atomic E-state index is 5.79. The van der Waals surface area contributed by atoms with Crippen molar-refractivity contribution < 1.29 is 4.74 Å². The summed E-state index contributed by atoms with van der Waals surface area (Å²) in [6.07, 6.45) is 10.9. The van der Waals surface area contributed by atoms with Crippen molar-refractivity contribution in [3.63, 3.8) is 0 Å². The fraction of sp³-hybridized carbons (Fsp3) is 0.714. The molecule has 3 heterocycles. The van der Waals surface area contributed by atoms with Crippen LogP contribution in [0.25, 0.3) is 0 Å². The summed E-state index contributed by atoms with van der Waals surface area (Å²) in [6, 6.07) is 6.02. The number of pyridine rings is 1. The standard InChI is InChI=1S/C21H33N5O/c1-22-21(25-17-11-18-4-3-5-19(12-17)26(18)2)24-13-16-8-9-23-20(10-16)27-14-15-6-7-15/h8-10,15,17-19H,3-7,11-14H2,1-2H3,(H2,22,24,25). The summed E-state index contributed by atoms with van der Waals surface area (Å²) >= 11 is 0. The molecule has 1 aliphatic carbocycles. The molecule has 0 spiro atoms. The highest BCUT2D eigenvalue weighted by molar-refractivity contribution is 5.80. The summed E-state index contributed by atoms with van der Waals surface area (Å²) in [5.74, 6) is 2.36. The summed E-state index contributed by atoms with van der Waals surface area (Å²) < 4.78 is 5.79. The van der Waals surface area contributed by atoms with Gasteiger partial charge in [0.25, 0.3) is 0 Å². The number of aromatic nitrogens is 1. The van der Waals surface area contributed by atoms with Gasteiger partial charge in [-0.3, -0.25) is 4.99 Å². The van der Waals surface area contributed by atoms with Crippen LogP contribution in [0, 0.1) is 5.92 Å². The average molecular weight is 372 g/mol. The van der Waals surface area contributed by atoms with Crippen molar-refractivity contribution in [2.45, 2.75) is 69.6 Å². The van der Waals surface area contributed by atoms with Crippen LogP contribution < -0.4 is 15.4 Å². The van der Waals surface area contributed by atoms with E-state index in [0.717, 1.165) is 43.0 Å². The summed E-state index contributed by atoms with van der Waals surface area (Å²) in [5, 5.41) is 7.11. The maximum atomic E-state index is 5.79. The molecule has 2 atom stereocenters. The van der Waals surface area contributed by atoms with Gasteiger partial charge < -0.3 is 20.3 Å². The van der Waals surface area contributed by atoms with Gasteiger partial charge in [0, 0.05) is 44.0 Å². The fourth-order valence-electron chi connectivity index (χ4n) is 4.43. The van der Waals surface area contributed by atoms with Gasteiger partial charge in [0.05, 0.1) is 6.61 Å². The third-order valence-electron chi connectivity index (χ3n) is 6.33. The molecule has 2 unspecified atom stereocenters. The fourth-order valence-corrected chi connectivity index (χ4v) is 4.43. The molecule has 2 N–H and O–H groups in total. The third kappa shape index (κ3) is 4.92. The first-order chi connectivity index (χ1) is 13.2. The van der Waals surface area contributed by atoms with E-state index >= 15 is 0 Å². The Kier molecular flexibility index (Phi) is 5.81. The Bertz CT molecular complexity index is 646. The number of rotatable bonds is 6. The smallest absolute Gasteiger partial charge is 0.213 e. The number of ether oxygens (including phenoxy) is 1. The van der Waals surface area contributed by atoms with Gasteiger partial charge in [0.15, 0.2) is 5.96 Å². The van der Waals surface area contributed by atoms with Gasteiger partial charge in [-0.05, 0) is 63.1 Å². The van der Waals surface area contributed by atoms with Gasteiger partial charge in [-0.25, -0.2) is 4.98 Å². The Balaban J connectivity index is 1.27. The van der Waals surface area contributed by atoms with E-state index in [0.29, 0.717) is 6.04 Å². The first-order valence-electron chi connectivity index (χ1n) is 10.5. The number of nitrogens with one attached hydrogen (secondary N) is 2. The van der Waals surface area contributed by atoms with E-state index in [4.69, 9.17) is 4.74 Å². The van der Waals surface area contributed by atoms with E-state index in [9.17, 15) is 0 Å². The lowest BCUT2D eigenvalue weighted by Gasteiger charge is -2.47. The van der Waals surface area contributed by atoms with Crippen molar-refractivity contribution in [2.75, 3.05) is 20.7 Å². The van der Waals surface area contributed by atoms with E-state index in [-0.39, 0.29) is 0 Å². The highest BCUT2D eigenvalue weighted by Crippen LogP contribution is 2.32. The number of guanidine groups is 1. The Morgan fingerprint density at radius 2 is 2.04 bits per heavy atom. The largest absolute Gasteiger partial charge is 0.477 e. The molecule has 4 rings (SSSR count). The van der Waals surface area contributed by atoms with Gasteiger partial charge in [-0.1, -0.05) is 6.42 Å². The van der Waals surface area contributed by atoms with E-state index in [1.54, 1.807) is 0 Å². The molecule has 1 aromatic heterocycles. The molecular formula is C21H33N5O. The zero-order valence-corrected chi connectivity index (χ0v) is 16.7. The predicted molar refractivity (Wildman–Crippen MR) is 108 cm³/mol. The minimum atomic E-state index is 0.512.